The molecule has 4 rings (SSSR count). The van der Waals surface area contributed by atoms with Crippen molar-refractivity contribution in [1.29, 1.82) is 0 Å². The second-order valence-corrected chi connectivity index (χ2v) is 10.2. The first-order valence-corrected chi connectivity index (χ1v) is 13.9. The molecule has 13 heteroatoms. The van der Waals surface area contributed by atoms with Crippen LogP contribution in [0, 0.1) is 30.9 Å². The summed E-state index contributed by atoms with van der Waals surface area (Å²) >= 11 is 5.31. The van der Waals surface area contributed by atoms with Crippen molar-refractivity contribution in [3.8, 4) is 11.4 Å². The number of ether oxygens (including phenoxy) is 2. The summed E-state index contributed by atoms with van der Waals surface area (Å²) in [4.78, 5) is 36.4. The average Bonchev–Trinajstić information content (AvgIpc) is 3.24. The van der Waals surface area contributed by atoms with Crippen molar-refractivity contribution >= 4 is 41.1 Å². The number of esters is 1. The Kier molecular flexibility index (Phi) is 9.56. The second-order valence-electron chi connectivity index (χ2n) is 9.80. The Hall–Kier alpha value is -5.04. The number of nitrogens with zero attached hydrogens (tertiary/aromatic N) is 3. The van der Waals surface area contributed by atoms with Crippen molar-refractivity contribution in [1.82, 2.24) is 20.6 Å². The number of thiocarbonyl (C=S) groups is 1. The Morgan fingerprint density at radius 1 is 1.16 bits per heavy atom. The van der Waals surface area contributed by atoms with E-state index in [-0.39, 0.29) is 18.9 Å². The van der Waals surface area contributed by atoms with Gasteiger partial charge in [0.15, 0.2) is 11.7 Å². The number of hydrogen-bond acceptors (Lipinski definition) is 8. The number of benzene rings is 2. The van der Waals surface area contributed by atoms with Gasteiger partial charge in [-0.3, -0.25) is 14.9 Å². The maximum absolute atomic E-state index is 12.7. The van der Waals surface area contributed by atoms with Gasteiger partial charge in [0, 0.05) is 39.8 Å². The predicted octanol–water partition coefficient (Wildman–Crippen LogP) is 4.20. The number of para-hydroxylation sites is 1. The highest BCUT2D eigenvalue weighted by Gasteiger charge is 2.32. The zero-order valence-corrected chi connectivity index (χ0v) is 25.2. The molecule has 0 spiro atoms. The molecule has 224 valence electrons. The Balaban J connectivity index is 1.46. The first-order valence-electron chi connectivity index (χ1n) is 13.4. The Bertz CT molecular complexity index is 1660. The van der Waals surface area contributed by atoms with Gasteiger partial charge in [-0.15, -0.1) is 0 Å². The van der Waals surface area contributed by atoms with E-state index in [2.05, 4.69) is 21.2 Å². The van der Waals surface area contributed by atoms with E-state index in [4.69, 9.17) is 21.7 Å². The summed E-state index contributed by atoms with van der Waals surface area (Å²) in [7, 11) is 0. The van der Waals surface area contributed by atoms with E-state index in [1.165, 1.54) is 12.3 Å². The van der Waals surface area contributed by atoms with Gasteiger partial charge in [0.1, 0.15) is 5.75 Å². The fraction of sp³-hybridized carbons (Fsp3) is 0.267. The molecule has 1 aromatic heterocycles. The SMILES string of the molecule is CCOC(=O)C1=C(C)NC(=S)N[C@@H]1c1ccccc1OCC(=O)NN=Cc1cc(C)n(-c2ccc(C)c([N+](=O)[O-])c2)c1C. The van der Waals surface area contributed by atoms with Crippen LogP contribution >= 0.6 is 12.2 Å². The number of rotatable bonds is 10. The highest BCUT2D eigenvalue weighted by Crippen LogP contribution is 2.33. The molecule has 0 unspecified atom stereocenters. The van der Waals surface area contributed by atoms with Crippen molar-refractivity contribution in [3.63, 3.8) is 0 Å². The van der Waals surface area contributed by atoms with Crippen LogP contribution in [0.15, 0.2) is 64.9 Å². The molecule has 0 saturated heterocycles. The van der Waals surface area contributed by atoms with Gasteiger partial charge in [-0.05, 0) is 65.0 Å². The molecule has 0 bridgehead atoms. The molecule has 2 heterocycles. The zero-order valence-electron chi connectivity index (χ0n) is 24.4. The van der Waals surface area contributed by atoms with Crippen molar-refractivity contribution in [2.45, 2.75) is 40.7 Å². The minimum absolute atomic E-state index is 0.0379. The first-order chi connectivity index (χ1) is 20.5. The predicted molar refractivity (Wildman–Crippen MR) is 165 cm³/mol. The molecular formula is C30H32N6O6S. The maximum Gasteiger partial charge on any atom is 0.338 e. The van der Waals surface area contributed by atoms with Crippen molar-refractivity contribution in [3.05, 3.63) is 98.0 Å². The number of allylic oxidation sites excluding steroid dienone is 1. The van der Waals surface area contributed by atoms with Gasteiger partial charge in [0.05, 0.1) is 35.0 Å². The van der Waals surface area contributed by atoms with E-state index in [0.29, 0.717) is 38.9 Å². The number of carbonyl (C=O) groups is 2. The van der Waals surface area contributed by atoms with Crippen LogP contribution in [0.25, 0.3) is 5.69 Å². The highest BCUT2D eigenvalue weighted by atomic mass is 32.1. The minimum atomic E-state index is -0.643. The number of hydrazone groups is 1. The third-order valence-corrected chi connectivity index (χ3v) is 7.08. The normalized spacial score (nSPS) is 14.7. The van der Waals surface area contributed by atoms with Crippen LogP contribution in [0.5, 0.6) is 5.75 Å². The van der Waals surface area contributed by atoms with E-state index in [1.807, 2.05) is 30.5 Å². The topological polar surface area (TPSA) is 149 Å². The van der Waals surface area contributed by atoms with Gasteiger partial charge in [-0.2, -0.15) is 5.10 Å². The average molecular weight is 605 g/mol. The molecule has 0 saturated carbocycles. The number of amides is 1. The third-order valence-electron chi connectivity index (χ3n) is 6.86. The van der Waals surface area contributed by atoms with Crippen LogP contribution in [0.4, 0.5) is 5.69 Å². The monoisotopic (exact) mass is 604 g/mol. The molecule has 0 fully saturated rings. The molecule has 1 amide bonds. The first kappa shape index (κ1) is 30.9. The van der Waals surface area contributed by atoms with E-state index in [0.717, 1.165) is 17.0 Å². The largest absolute Gasteiger partial charge is 0.483 e. The van der Waals surface area contributed by atoms with Crippen LogP contribution in [0.2, 0.25) is 0 Å². The van der Waals surface area contributed by atoms with Crippen molar-refractivity contribution < 1.29 is 24.0 Å². The fourth-order valence-electron chi connectivity index (χ4n) is 4.86. The lowest BCUT2D eigenvalue weighted by Gasteiger charge is -2.30. The minimum Gasteiger partial charge on any atom is -0.483 e. The lowest BCUT2D eigenvalue weighted by Crippen LogP contribution is -2.45. The van der Waals surface area contributed by atoms with Crippen LogP contribution in [-0.4, -0.2) is 45.9 Å². The summed E-state index contributed by atoms with van der Waals surface area (Å²) < 4.78 is 13.0. The van der Waals surface area contributed by atoms with E-state index in [9.17, 15) is 19.7 Å². The number of aromatic nitrogens is 1. The summed E-state index contributed by atoms with van der Waals surface area (Å²) in [6, 6.07) is 13.3. The molecular weight excluding hydrogens is 572 g/mol. The summed E-state index contributed by atoms with van der Waals surface area (Å²) in [5.41, 5.74) is 7.64. The Morgan fingerprint density at radius 3 is 2.63 bits per heavy atom. The van der Waals surface area contributed by atoms with Crippen molar-refractivity contribution in [2.75, 3.05) is 13.2 Å². The van der Waals surface area contributed by atoms with Crippen molar-refractivity contribution in [2.24, 2.45) is 5.10 Å². The molecule has 1 aliphatic heterocycles. The number of nitro benzene ring substituents is 1. The standard InChI is InChI=1S/C30H32N6O6S/c1-6-41-29(38)27-19(4)32-30(43)33-28(27)23-9-7-8-10-25(23)42-16-26(37)34-31-15-21-13-18(3)35(20(21)5)22-12-11-17(2)24(14-22)36(39)40/h7-15,28H,6,16H2,1-5H3,(H,34,37)(H2,32,33,43)/t28-/m1/s1. The van der Waals surface area contributed by atoms with Crippen LogP contribution in [-0.2, 0) is 14.3 Å². The summed E-state index contributed by atoms with van der Waals surface area (Å²) in [5.74, 6) is -0.608. The van der Waals surface area contributed by atoms with Crippen LogP contribution in [0.3, 0.4) is 0 Å². The summed E-state index contributed by atoms with van der Waals surface area (Å²) in [6.07, 6.45) is 1.51. The van der Waals surface area contributed by atoms with Gasteiger partial charge in [-0.25, -0.2) is 10.2 Å². The zero-order chi connectivity index (χ0) is 31.3. The fourth-order valence-corrected chi connectivity index (χ4v) is 5.13. The number of hydrogen-bond donors (Lipinski definition) is 3. The van der Waals surface area contributed by atoms with Gasteiger partial charge in [0.2, 0.25) is 0 Å². The summed E-state index contributed by atoms with van der Waals surface area (Å²) in [6.45, 7) is 8.78. The van der Waals surface area contributed by atoms with Crippen LogP contribution in [0.1, 0.15) is 48.0 Å². The quantitative estimate of drug-likeness (QED) is 0.102. The van der Waals surface area contributed by atoms with E-state index < -0.39 is 22.8 Å². The van der Waals surface area contributed by atoms with Gasteiger partial charge < -0.3 is 24.7 Å². The van der Waals surface area contributed by atoms with Gasteiger partial charge in [0.25, 0.3) is 11.6 Å². The lowest BCUT2D eigenvalue weighted by atomic mass is 9.95. The number of aryl methyl sites for hydroxylation is 2. The van der Waals surface area contributed by atoms with Gasteiger partial charge >= 0.3 is 5.97 Å². The number of carbonyl (C=O) groups excluding carboxylic acids is 2. The van der Waals surface area contributed by atoms with Crippen LogP contribution < -0.4 is 20.8 Å². The molecule has 1 atom stereocenters. The third kappa shape index (κ3) is 6.89. The van der Waals surface area contributed by atoms with E-state index in [1.54, 1.807) is 51.1 Å². The van der Waals surface area contributed by atoms with E-state index >= 15 is 0 Å². The van der Waals surface area contributed by atoms with Gasteiger partial charge in [-0.1, -0.05) is 24.3 Å². The molecule has 3 aromatic rings. The number of nitrogens with one attached hydrogen (secondary N) is 3. The summed E-state index contributed by atoms with van der Waals surface area (Å²) in [5, 5.41) is 21.9. The smallest absolute Gasteiger partial charge is 0.338 e. The maximum atomic E-state index is 12.7. The molecule has 12 nitrogen and oxygen atoms in total. The lowest BCUT2D eigenvalue weighted by molar-refractivity contribution is -0.385. The molecule has 0 radical (unpaired) electrons. The molecule has 3 N–H and O–H groups in total. The molecule has 0 aliphatic carbocycles. The molecule has 1 aliphatic rings. The molecule has 2 aromatic carbocycles. The number of nitro groups is 1. The molecule has 43 heavy (non-hydrogen) atoms. The highest BCUT2D eigenvalue weighted by molar-refractivity contribution is 7.80. The Morgan fingerprint density at radius 2 is 1.91 bits per heavy atom. The Labute approximate surface area is 253 Å². The second kappa shape index (κ2) is 13.3.